The quantitative estimate of drug-likeness (QED) is 0.763. The van der Waals surface area contributed by atoms with E-state index in [1.165, 1.54) is 12.8 Å². The highest BCUT2D eigenvalue weighted by molar-refractivity contribution is 5.40. The fourth-order valence-electron chi connectivity index (χ4n) is 1.38. The molecule has 1 fully saturated rings. The van der Waals surface area contributed by atoms with Gasteiger partial charge in [0.25, 0.3) is 0 Å². The highest BCUT2D eigenvalue weighted by Gasteiger charge is 2.36. The van der Waals surface area contributed by atoms with Crippen LogP contribution in [0.15, 0.2) is 6.07 Å². The van der Waals surface area contributed by atoms with Crippen molar-refractivity contribution in [3.63, 3.8) is 0 Å². The van der Waals surface area contributed by atoms with Crippen molar-refractivity contribution in [2.75, 3.05) is 17.6 Å². The minimum Gasteiger partial charge on any atom is -0.369 e. The van der Waals surface area contributed by atoms with Crippen LogP contribution in [0.4, 0.5) is 11.8 Å². The minimum atomic E-state index is 0.341. The van der Waals surface area contributed by atoms with Gasteiger partial charge in [0.15, 0.2) is 0 Å². The number of hydrogen-bond acceptors (Lipinski definition) is 4. The first-order valence-corrected chi connectivity index (χ1v) is 4.92. The number of anilines is 2. The number of nitrogens with two attached hydrogens (primary N) is 1. The standard InChI is InChI=1S/C10H16N4/c1-7-5-8(14-9(11)13-7)12-6-10(2)3-4-10/h5H,3-4,6H2,1-2H3,(H3,11,12,13,14). The lowest BCUT2D eigenvalue weighted by atomic mass is 10.1. The van der Waals surface area contributed by atoms with Crippen LogP contribution in [-0.4, -0.2) is 16.5 Å². The smallest absolute Gasteiger partial charge is 0.222 e. The molecule has 1 aromatic rings. The van der Waals surface area contributed by atoms with Gasteiger partial charge in [0.2, 0.25) is 5.95 Å². The largest absolute Gasteiger partial charge is 0.369 e. The summed E-state index contributed by atoms with van der Waals surface area (Å²) in [6.07, 6.45) is 2.61. The number of aromatic nitrogens is 2. The fourth-order valence-corrected chi connectivity index (χ4v) is 1.38. The predicted octanol–water partition coefficient (Wildman–Crippen LogP) is 1.58. The third kappa shape index (κ3) is 2.13. The molecule has 1 saturated carbocycles. The first kappa shape index (κ1) is 9.24. The van der Waals surface area contributed by atoms with E-state index in [0.29, 0.717) is 11.4 Å². The maximum absolute atomic E-state index is 5.55. The van der Waals surface area contributed by atoms with Gasteiger partial charge >= 0.3 is 0 Å². The summed E-state index contributed by atoms with van der Waals surface area (Å²) in [5, 5.41) is 3.30. The van der Waals surface area contributed by atoms with Crippen LogP contribution in [0.1, 0.15) is 25.5 Å². The molecular weight excluding hydrogens is 176 g/mol. The highest BCUT2D eigenvalue weighted by atomic mass is 15.1. The van der Waals surface area contributed by atoms with Gasteiger partial charge in [-0.05, 0) is 25.2 Å². The Kier molecular flexibility index (Phi) is 2.06. The lowest BCUT2D eigenvalue weighted by molar-refractivity contribution is 0.609. The van der Waals surface area contributed by atoms with Crippen LogP contribution in [0.3, 0.4) is 0 Å². The lowest BCUT2D eigenvalue weighted by Crippen LogP contribution is -2.13. The molecule has 14 heavy (non-hydrogen) atoms. The average molecular weight is 192 g/mol. The van der Waals surface area contributed by atoms with Crippen LogP contribution in [0.25, 0.3) is 0 Å². The van der Waals surface area contributed by atoms with Crippen molar-refractivity contribution >= 4 is 11.8 Å². The molecule has 0 amide bonds. The Morgan fingerprint density at radius 3 is 2.79 bits per heavy atom. The van der Waals surface area contributed by atoms with E-state index in [1.54, 1.807) is 0 Å². The predicted molar refractivity (Wildman–Crippen MR) is 57.0 cm³/mol. The van der Waals surface area contributed by atoms with Gasteiger partial charge in [-0.2, -0.15) is 4.98 Å². The first-order valence-electron chi connectivity index (χ1n) is 4.92. The molecule has 4 heteroatoms. The molecule has 0 aromatic carbocycles. The van der Waals surface area contributed by atoms with Crippen LogP contribution < -0.4 is 11.1 Å². The van der Waals surface area contributed by atoms with Crippen molar-refractivity contribution in [2.45, 2.75) is 26.7 Å². The number of aryl methyl sites for hydroxylation is 1. The Morgan fingerprint density at radius 2 is 2.21 bits per heavy atom. The Hall–Kier alpha value is -1.32. The Labute approximate surface area is 83.9 Å². The van der Waals surface area contributed by atoms with E-state index in [2.05, 4.69) is 22.2 Å². The summed E-state index contributed by atoms with van der Waals surface area (Å²) >= 11 is 0. The molecule has 0 radical (unpaired) electrons. The third-order valence-corrected chi connectivity index (χ3v) is 2.67. The molecule has 4 nitrogen and oxygen atoms in total. The van der Waals surface area contributed by atoms with Crippen molar-refractivity contribution < 1.29 is 0 Å². The van der Waals surface area contributed by atoms with E-state index in [4.69, 9.17) is 5.73 Å². The normalized spacial score (nSPS) is 17.9. The summed E-state index contributed by atoms with van der Waals surface area (Å²) in [4.78, 5) is 8.14. The van der Waals surface area contributed by atoms with Gasteiger partial charge in [-0.15, -0.1) is 0 Å². The van der Waals surface area contributed by atoms with E-state index in [9.17, 15) is 0 Å². The van der Waals surface area contributed by atoms with Crippen molar-refractivity contribution in [3.8, 4) is 0 Å². The zero-order chi connectivity index (χ0) is 10.2. The van der Waals surface area contributed by atoms with E-state index in [0.717, 1.165) is 18.1 Å². The highest BCUT2D eigenvalue weighted by Crippen LogP contribution is 2.44. The zero-order valence-electron chi connectivity index (χ0n) is 8.67. The van der Waals surface area contributed by atoms with Gasteiger partial charge in [0.1, 0.15) is 5.82 Å². The summed E-state index contributed by atoms with van der Waals surface area (Å²) in [7, 11) is 0. The van der Waals surface area contributed by atoms with Crippen LogP contribution in [-0.2, 0) is 0 Å². The topological polar surface area (TPSA) is 63.8 Å². The van der Waals surface area contributed by atoms with Gasteiger partial charge in [0.05, 0.1) is 0 Å². The second kappa shape index (κ2) is 3.12. The molecular formula is C10H16N4. The second-order valence-electron chi connectivity index (χ2n) is 4.42. The SMILES string of the molecule is Cc1cc(NCC2(C)CC2)nc(N)n1. The molecule has 76 valence electrons. The molecule has 0 aliphatic heterocycles. The molecule has 0 atom stereocenters. The zero-order valence-corrected chi connectivity index (χ0v) is 8.67. The van der Waals surface area contributed by atoms with E-state index in [1.807, 2.05) is 13.0 Å². The molecule has 1 aliphatic rings. The van der Waals surface area contributed by atoms with Crippen molar-refractivity contribution in [1.82, 2.24) is 9.97 Å². The van der Waals surface area contributed by atoms with Crippen molar-refractivity contribution in [1.29, 1.82) is 0 Å². The van der Waals surface area contributed by atoms with Crippen molar-refractivity contribution in [2.24, 2.45) is 5.41 Å². The average Bonchev–Trinajstić information content (AvgIpc) is 2.80. The fraction of sp³-hybridized carbons (Fsp3) is 0.600. The molecule has 0 bridgehead atoms. The molecule has 1 heterocycles. The Morgan fingerprint density at radius 1 is 1.50 bits per heavy atom. The maximum Gasteiger partial charge on any atom is 0.222 e. The number of hydrogen-bond donors (Lipinski definition) is 2. The first-order chi connectivity index (χ1) is 6.57. The Balaban J connectivity index is 2.01. The van der Waals surface area contributed by atoms with Gasteiger partial charge in [-0.1, -0.05) is 6.92 Å². The molecule has 0 saturated heterocycles. The number of nitrogens with one attached hydrogen (secondary N) is 1. The maximum atomic E-state index is 5.55. The molecule has 2 rings (SSSR count). The van der Waals surface area contributed by atoms with E-state index in [-0.39, 0.29) is 0 Å². The number of rotatable bonds is 3. The molecule has 0 unspecified atom stereocenters. The second-order valence-corrected chi connectivity index (χ2v) is 4.42. The van der Waals surface area contributed by atoms with Crippen molar-refractivity contribution in [3.05, 3.63) is 11.8 Å². The van der Waals surface area contributed by atoms with E-state index >= 15 is 0 Å². The number of nitrogens with zero attached hydrogens (tertiary/aromatic N) is 2. The minimum absolute atomic E-state index is 0.341. The third-order valence-electron chi connectivity index (χ3n) is 2.67. The van der Waals surface area contributed by atoms with Crippen LogP contribution in [0.5, 0.6) is 0 Å². The summed E-state index contributed by atoms with van der Waals surface area (Å²) in [6.45, 7) is 5.17. The van der Waals surface area contributed by atoms with E-state index < -0.39 is 0 Å². The Bertz CT molecular complexity index is 324. The molecule has 1 aromatic heterocycles. The van der Waals surface area contributed by atoms with Crippen LogP contribution >= 0.6 is 0 Å². The molecule has 0 spiro atoms. The summed E-state index contributed by atoms with van der Waals surface area (Å²) in [6, 6.07) is 1.92. The summed E-state index contributed by atoms with van der Waals surface area (Å²) < 4.78 is 0. The summed E-state index contributed by atoms with van der Waals surface area (Å²) in [5.41, 5.74) is 6.94. The van der Waals surface area contributed by atoms with Gasteiger partial charge < -0.3 is 11.1 Å². The van der Waals surface area contributed by atoms with Crippen LogP contribution in [0, 0.1) is 12.3 Å². The monoisotopic (exact) mass is 192 g/mol. The lowest BCUT2D eigenvalue weighted by Gasteiger charge is -2.10. The van der Waals surface area contributed by atoms with Gasteiger partial charge in [-0.3, -0.25) is 0 Å². The number of nitrogen functional groups attached to an aromatic ring is 1. The summed E-state index contributed by atoms with van der Waals surface area (Å²) in [5.74, 6) is 1.18. The molecule has 1 aliphatic carbocycles. The molecule has 3 N–H and O–H groups in total. The van der Waals surface area contributed by atoms with Crippen LogP contribution in [0.2, 0.25) is 0 Å². The van der Waals surface area contributed by atoms with Gasteiger partial charge in [-0.25, -0.2) is 4.98 Å². The van der Waals surface area contributed by atoms with Gasteiger partial charge in [0, 0.05) is 18.3 Å².